The zero-order valence-electron chi connectivity index (χ0n) is 14.6. The average Bonchev–Trinajstić information content (AvgIpc) is 3.16. The lowest BCUT2D eigenvalue weighted by atomic mass is 10.2. The van der Waals surface area contributed by atoms with Gasteiger partial charge in [0.2, 0.25) is 5.91 Å². The molecule has 0 unspecified atom stereocenters. The van der Waals surface area contributed by atoms with Gasteiger partial charge < -0.3 is 14.2 Å². The first-order valence-electron chi connectivity index (χ1n) is 8.67. The van der Waals surface area contributed by atoms with Gasteiger partial charge in [0.15, 0.2) is 0 Å². The van der Waals surface area contributed by atoms with E-state index in [9.17, 15) is 9.59 Å². The van der Waals surface area contributed by atoms with Crippen LogP contribution in [0.2, 0.25) is 0 Å². The lowest BCUT2D eigenvalue weighted by Gasteiger charge is -2.23. The Morgan fingerprint density at radius 2 is 1.91 bits per heavy atom. The second-order valence-corrected chi connectivity index (χ2v) is 6.31. The third-order valence-electron chi connectivity index (χ3n) is 4.39. The molecule has 1 saturated heterocycles. The molecule has 1 aliphatic heterocycles. The maximum Gasteiger partial charge on any atom is 0.257 e. The zero-order chi connectivity index (χ0) is 16.8. The third-order valence-corrected chi connectivity index (χ3v) is 4.39. The molecule has 0 N–H and O–H groups in total. The fraction of sp³-hybridized carbons (Fsp3) is 0.667. The SMILES string of the molecule is CCCCN(CCC(=O)N1CCCC1)C(=O)c1cc(C)oc1C. The van der Waals surface area contributed by atoms with E-state index in [1.165, 1.54) is 0 Å². The molecule has 5 heteroatoms. The van der Waals surface area contributed by atoms with E-state index in [-0.39, 0.29) is 11.8 Å². The van der Waals surface area contributed by atoms with Crippen LogP contribution in [0.1, 0.15) is 60.9 Å². The molecule has 0 aromatic carbocycles. The van der Waals surface area contributed by atoms with Gasteiger partial charge in [-0.2, -0.15) is 0 Å². The molecule has 0 spiro atoms. The van der Waals surface area contributed by atoms with Crippen LogP contribution in [0.4, 0.5) is 0 Å². The number of unbranched alkanes of at least 4 members (excludes halogenated alkanes) is 1. The van der Waals surface area contributed by atoms with E-state index in [2.05, 4.69) is 6.92 Å². The van der Waals surface area contributed by atoms with Crippen molar-refractivity contribution < 1.29 is 14.0 Å². The number of hydrogen-bond donors (Lipinski definition) is 0. The highest BCUT2D eigenvalue weighted by Crippen LogP contribution is 2.17. The second kappa shape index (κ2) is 8.18. The average molecular weight is 320 g/mol. The molecule has 0 radical (unpaired) electrons. The van der Waals surface area contributed by atoms with Gasteiger partial charge in [0.1, 0.15) is 11.5 Å². The van der Waals surface area contributed by atoms with Crippen LogP contribution in [0.3, 0.4) is 0 Å². The predicted molar refractivity (Wildman–Crippen MR) is 89.4 cm³/mol. The van der Waals surface area contributed by atoms with Crippen LogP contribution in [0.15, 0.2) is 10.5 Å². The van der Waals surface area contributed by atoms with E-state index >= 15 is 0 Å². The molecule has 23 heavy (non-hydrogen) atoms. The minimum absolute atomic E-state index is 0.0259. The Kier molecular flexibility index (Phi) is 6.25. The lowest BCUT2D eigenvalue weighted by Crippen LogP contribution is -2.37. The van der Waals surface area contributed by atoms with Gasteiger partial charge in [0.05, 0.1) is 5.56 Å². The van der Waals surface area contributed by atoms with Crippen molar-refractivity contribution in [2.45, 2.75) is 52.9 Å². The highest BCUT2D eigenvalue weighted by Gasteiger charge is 2.23. The molecule has 1 aromatic rings. The molecule has 0 saturated carbocycles. The van der Waals surface area contributed by atoms with E-state index < -0.39 is 0 Å². The molecule has 5 nitrogen and oxygen atoms in total. The number of nitrogens with zero attached hydrogens (tertiary/aromatic N) is 2. The summed E-state index contributed by atoms with van der Waals surface area (Å²) in [6.45, 7) is 8.66. The smallest absolute Gasteiger partial charge is 0.257 e. The molecular formula is C18H28N2O3. The lowest BCUT2D eigenvalue weighted by molar-refractivity contribution is -0.130. The van der Waals surface area contributed by atoms with E-state index in [1.807, 2.05) is 18.7 Å². The van der Waals surface area contributed by atoms with Gasteiger partial charge in [-0.3, -0.25) is 9.59 Å². The molecule has 0 aliphatic carbocycles. The van der Waals surface area contributed by atoms with Crippen LogP contribution in [0.25, 0.3) is 0 Å². The van der Waals surface area contributed by atoms with Gasteiger partial charge in [-0.1, -0.05) is 13.3 Å². The van der Waals surface area contributed by atoms with Gasteiger partial charge in [0.25, 0.3) is 5.91 Å². The van der Waals surface area contributed by atoms with Gasteiger partial charge in [-0.05, 0) is 39.2 Å². The zero-order valence-corrected chi connectivity index (χ0v) is 14.6. The van der Waals surface area contributed by atoms with Crippen molar-refractivity contribution in [3.8, 4) is 0 Å². The maximum absolute atomic E-state index is 12.8. The summed E-state index contributed by atoms with van der Waals surface area (Å²) < 4.78 is 5.47. The van der Waals surface area contributed by atoms with Crippen molar-refractivity contribution >= 4 is 11.8 Å². The van der Waals surface area contributed by atoms with Crippen molar-refractivity contribution in [2.24, 2.45) is 0 Å². The van der Waals surface area contributed by atoms with Crippen LogP contribution in [-0.4, -0.2) is 47.8 Å². The highest BCUT2D eigenvalue weighted by molar-refractivity contribution is 5.95. The number of carbonyl (C=O) groups is 2. The highest BCUT2D eigenvalue weighted by atomic mass is 16.3. The first-order valence-corrected chi connectivity index (χ1v) is 8.67. The summed E-state index contributed by atoms with van der Waals surface area (Å²) in [6, 6.07) is 1.79. The third kappa shape index (κ3) is 4.60. The summed E-state index contributed by atoms with van der Waals surface area (Å²) in [6.07, 6.45) is 4.56. The molecule has 0 bridgehead atoms. The molecule has 0 atom stereocenters. The Balaban J connectivity index is 1.99. The normalized spacial score (nSPS) is 14.3. The monoisotopic (exact) mass is 320 g/mol. The van der Waals surface area contributed by atoms with Crippen LogP contribution >= 0.6 is 0 Å². The molecule has 128 valence electrons. The quantitative estimate of drug-likeness (QED) is 0.775. The van der Waals surface area contributed by atoms with Gasteiger partial charge in [0, 0.05) is 32.6 Å². The van der Waals surface area contributed by atoms with Crippen LogP contribution < -0.4 is 0 Å². The van der Waals surface area contributed by atoms with Gasteiger partial charge in [-0.15, -0.1) is 0 Å². The second-order valence-electron chi connectivity index (χ2n) is 6.31. The Hall–Kier alpha value is -1.78. The fourth-order valence-corrected chi connectivity index (χ4v) is 3.03. The summed E-state index contributed by atoms with van der Waals surface area (Å²) in [5.74, 6) is 1.54. The molecule has 2 rings (SSSR count). The largest absolute Gasteiger partial charge is 0.466 e. The van der Waals surface area contributed by atoms with E-state index in [0.717, 1.165) is 44.5 Å². The van der Waals surface area contributed by atoms with Crippen LogP contribution in [-0.2, 0) is 4.79 Å². The van der Waals surface area contributed by atoms with Crippen LogP contribution in [0.5, 0.6) is 0 Å². The molecule has 1 aliphatic rings. The molecule has 2 amide bonds. The minimum atomic E-state index is -0.0259. The Labute approximate surface area is 138 Å². The Bertz CT molecular complexity index is 544. The molecule has 1 aromatic heterocycles. The van der Waals surface area contributed by atoms with Crippen LogP contribution in [0, 0.1) is 13.8 Å². The van der Waals surface area contributed by atoms with Crippen molar-refractivity contribution in [1.29, 1.82) is 0 Å². The summed E-state index contributed by atoms with van der Waals surface area (Å²) >= 11 is 0. The summed E-state index contributed by atoms with van der Waals surface area (Å²) in [5.41, 5.74) is 0.618. The molecule has 1 fully saturated rings. The fourth-order valence-electron chi connectivity index (χ4n) is 3.03. The Morgan fingerprint density at radius 3 is 2.48 bits per heavy atom. The van der Waals surface area contributed by atoms with E-state index in [1.54, 1.807) is 11.0 Å². The molecular weight excluding hydrogens is 292 g/mol. The number of aryl methyl sites for hydroxylation is 2. The number of rotatable bonds is 7. The summed E-state index contributed by atoms with van der Waals surface area (Å²) in [7, 11) is 0. The first kappa shape index (κ1) is 17.6. The van der Waals surface area contributed by atoms with Gasteiger partial charge in [-0.25, -0.2) is 0 Å². The topological polar surface area (TPSA) is 53.8 Å². The van der Waals surface area contributed by atoms with Crippen molar-refractivity contribution in [1.82, 2.24) is 9.80 Å². The van der Waals surface area contributed by atoms with Crippen molar-refractivity contribution in [2.75, 3.05) is 26.2 Å². The predicted octanol–water partition coefficient (Wildman–Crippen LogP) is 3.15. The number of hydrogen-bond acceptors (Lipinski definition) is 3. The first-order chi connectivity index (χ1) is 11.0. The maximum atomic E-state index is 12.8. The summed E-state index contributed by atoms with van der Waals surface area (Å²) in [5, 5.41) is 0. The minimum Gasteiger partial charge on any atom is -0.466 e. The number of furan rings is 1. The van der Waals surface area contributed by atoms with E-state index in [4.69, 9.17) is 4.42 Å². The van der Waals surface area contributed by atoms with Crippen molar-refractivity contribution in [3.63, 3.8) is 0 Å². The van der Waals surface area contributed by atoms with Crippen molar-refractivity contribution in [3.05, 3.63) is 23.2 Å². The number of likely N-dealkylation sites (tertiary alicyclic amines) is 1. The standard InChI is InChI=1S/C18H28N2O3/c1-4-5-9-20(12-8-17(21)19-10-6-7-11-19)18(22)16-13-14(2)23-15(16)3/h13H,4-12H2,1-3H3. The van der Waals surface area contributed by atoms with E-state index in [0.29, 0.717) is 30.8 Å². The number of amides is 2. The molecule has 2 heterocycles. The summed E-state index contributed by atoms with van der Waals surface area (Å²) in [4.78, 5) is 28.7. The van der Waals surface area contributed by atoms with Gasteiger partial charge >= 0.3 is 0 Å². The Morgan fingerprint density at radius 1 is 1.22 bits per heavy atom. The number of carbonyl (C=O) groups excluding carboxylic acids is 2.